The molecule has 0 fully saturated rings. The number of hydrogen-bond donors (Lipinski definition) is 3. The van der Waals surface area contributed by atoms with Gasteiger partial charge in [-0.25, -0.2) is 0 Å². The number of aliphatic hydroxyl groups is 2. The zero-order valence-electron chi connectivity index (χ0n) is 29.2. The number of hydrogen-bond acceptors (Lipinski definition) is 5. The molecule has 0 aliphatic heterocycles. The molecule has 2 unspecified atom stereocenters. The van der Waals surface area contributed by atoms with E-state index in [1.54, 1.807) is 0 Å². The van der Waals surface area contributed by atoms with Crippen LogP contribution < -0.4 is 0 Å². The van der Waals surface area contributed by atoms with Gasteiger partial charge < -0.3 is 20.1 Å². The molecule has 0 aromatic heterocycles. The fourth-order valence-electron chi connectivity index (χ4n) is 5.79. The molecule has 45 heavy (non-hydrogen) atoms. The van der Waals surface area contributed by atoms with Gasteiger partial charge >= 0.3 is 11.9 Å². The molecule has 0 aliphatic rings. The topological polar surface area (TPSA) is 104 Å². The predicted octanol–water partition coefficient (Wildman–Crippen LogP) is 10.6. The van der Waals surface area contributed by atoms with Crippen molar-refractivity contribution >= 4 is 11.9 Å². The smallest absolute Gasteiger partial charge is 0.305 e. The van der Waals surface area contributed by atoms with E-state index in [0.717, 1.165) is 44.9 Å². The molecule has 6 heteroatoms. The second-order valence-electron chi connectivity index (χ2n) is 13.1. The third kappa shape index (κ3) is 35.0. The summed E-state index contributed by atoms with van der Waals surface area (Å²) in [5.74, 6) is -0.306. The number of aliphatic carboxylic acids is 1. The molecular formula is C39H72O6. The Kier molecular flexibility index (Phi) is 33.9. The van der Waals surface area contributed by atoms with E-state index in [2.05, 4.69) is 31.2 Å². The molecule has 2 atom stereocenters. The molecule has 0 rings (SSSR count). The van der Waals surface area contributed by atoms with E-state index in [4.69, 9.17) is 14.9 Å². The minimum atomic E-state index is -0.989. The lowest BCUT2D eigenvalue weighted by Gasteiger charge is -2.16. The Balaban J connectivity index is 4.03. The van der Waals surface area contributed by atoms with Gasteiger partial charge in [0.05, 0.1) is 6.61 Å². The van der Waals surface area contributed by atoms with Gasteiger partial charge in [-0.3, -0.25) is 9.59 Å². The summed E-state index contributed by atoms with van der Waals surface area (Å²) in [6.45, 7) is 1.75. The standard InChI is InChI=1S/C39H72O6/c1-2-3-4-5-6-7-13-16-19-22-25-29-36(31-28-33-39(44)45-35-37(41)34-40)30-26-23-20-17-14-11-9-8-10-12-15-18-21-24-27-32-38(42)43/h8,10,16,19,36-37,40-41H,2-7,9,11-15,17-18,20-35H2,1H3,(H,42,43)/b10-8-,19-16-. The number of carbonyl (C=O) groups is 2. The van der Waals surface area contributed by atoms with E-state index in [1.807, 2.05) is 0 Å². The lowest BCUT2D eigenvalue weighted by molar-refractivity contribution is -0.147. The van der Waals surface area contributed by atoms with Crippen LogP contribution in [0.5, 0.6) is 0 Å². The molecule has 0 saturated heterocycles. The van der Waals surface area contributed by atoms with Gasteiger partial charge in [0, 0.05) is 12.8 Å². The van der Waals surface area contributed by atoms with Crippen molar-refractivity contribution in [3.63, 3.8) is 0 Å². The van der Waals surface area contributed by atoms with E-state index < -0.39 is 12.1 Å². The van der Waals surface area contributed by atoms with Crippen LogP contribution in [0.4, 0.5) is 0 Å². The molecule has 0 amide bonds. The first-order valence-electron chi connectivity index (χ1n) is 19.0. The second kappa shape index (κ2) is 35.2. The highest BCUT2D eigenvalue weighted by atomic mass is 16.5. The maximum atomic E-state index is 12.0. The fraction of sp³-hybridized carbons (Fsp3) is 0.846. The van der Waals surface area contributed by atoms with E-state index in [0.29, 0.717) is 18.8 Å². The van der Waals surface area contributed by atoms with Gasteiger partial charge in [-0.15, -0.1) is 0 Å². The summed E-state index contributed by atoms with van der Waals surface area (Å²) in [6.07, 6.45) is 40.5. The number of allylic oxidation sites excluding steroid dienone is 4. The van der Waals surface area contributed by atoms with Crippen molar-refractivity contribution < 1.29 is 29.6 Å². The van der Waals surface area contributed by atoms with Crippen molar-refractivity contribution in [3.8, 4) is 0 Å². The maximum absolute atomic E-state index is 12.0. The number of esters is 1. The summed E-state index contributed by atoms with van der Waals surface area (Å²) in [7, 11) is 0. The van der Waals surface area contributed by atoms with Crippen LogP contribution in [0.15, 0.2) is 24.3 Å². The van der Waals surface area contributed by atoms with Crippen LogP contribution in [-0.4, -0.2) is 46.6 Å². The first kappa shape index (κ1) is 43.3. The van der Waals surface area contributed by atoms with Gasteiger partial charge in [0.25, 0.3) is 0 Å². The van der Waals surface area contributed by atoms with Crippen LogP contribution in [0.25, 0.3) is 0 Å². The average Bonchev–Trinajstić information content (AvgIpc) is 3.03. The van der Waals surface area contributed by atoms with Crippen molar-refractivity contribution in [2.45, 2.75) is 193 Å². The molecule has 0 radical (unpaired) electrons. The van der Waals surface area contributed by atoms with Crippen molar-refractivity contribution in [3.05, 3.63) is 24.3 Å². The van der Waals surface area contributed by atoms with Gasteiger partial charge in [0.2, 0.25) is 0 Å². The van der Waals surface area contributed by atoms with Crippen molar-refractivity contribution in [2.75, 3.05) is 13.2 Å². The molecule has 0 bridgehead atoms. The monoisotopic (exact) mass is 637 g/mol. The Labute approximate surface area is 277 Å². The summed E-state index contributed by atoms with van der Waals surface area (Å²) in [5.41, 5.74) is 0. The third-order valence-electron chi connectivity index (χ3n) is 8.68. The molecular weight excluding hydrogens is 564 g/mol. The maximum Gasteiger partial charge on any atom is 0.305 e. The predicted molar refractivity (Wildman–Crippen MR) is 188 cm³/mol. The van der Waals surface area contributed by atoms with Crippen LogP contribution in [0.2, 0.25) is 0 Å². The second-order valence-corrected chi connectivity index (χ2v) is 13.1. The zero-order chi connectivity index (χ0) is 33.1. The van der Waals surface area contributed by atoms with Gasteiger partial charge in [-0.2, -0.15) is 0 Å². The van der Waals surface area contributed by atoms with E-state index in [-0.39, 0.29) is 19.2 Å². The average molecular weight is 637 g/mol. The minimum Gasteiger partial charge on any atom is -0.481 e. The molecule has 0 aromatic rings. The van der Waals surface area contributed by atoms with Crippen LogP contribution >= 0.6 is 0 Å². The van der Waals surface area contributed by atoms with Crippen LogP contribution in [0, 0.1) is 5.92 Å². The lowest BCUT2D eigenvalue weighted by atomic mass is 9.90. The Hall–Kier alpha value is -1.66. The summed E-state index contributed by atoms with van der Waals surface area (Å²) >= 11 is 0. The molecule has 264 valence electrons. The normalized spacial score (nSPS) is 13.1. The van der Waals surface area contributed by atoms with Gasteiger partial charge in [0.15, 0.2) is 0 Å². The molecule has 0 aromatic carbocycles. The summed E-state index contributed by atoms with van der Waals surface area (Å²) < 4.78 is 5.07. The molecule has 0 saturated carbocycles. The summed E-state index contributed by atoms with van der Waals surface area (Å²) in [5, 5.41) is 26.9. The van der Waals surface area contributed by atoms with Crippen LogP contribution in [-0.2, 0) is 14.3 Å². The summed E-state index contributed by atoms with van der Waals surface area (Å²) in [4.78, 5) is 22.5. The number of rotatable bonds is 35. The van der Waals surface area contributed by atoms with Gasteiger partial charge in [-0.05, 0) is 76.5 Å². The van der Waals surface area contributed by atoms with Crippen LogP contribution in [0.3, 0.4) is 0 Å². The van der Waals surface area contributed by atoms with E-state index >= 15 is 0 Å². The first-order chi connectivity index (χ1) is 22.0. The first-order valence-corrected chi connectivity index (χ1v) is 19.0. The quantitative estimate of drug-likeness (QED) is 0.0363. The van der Waals surface area contributed by atoms with E-state index in [9.17, 15) is 14.7 Å². The molecule has 3 N–H and O–H groups in total. The molecule has 0 heterocycles. The largest absolute Gasteiger partial charge is 0.481 e. The highest BCUT2D eigenvalue weighted by Gasteiger charge is 2.12. The number of aliphatic hydroxyl groups excluding tert-OH is 2. The Bertz CT molecular complexity index is 704. The Morgan fingerprint density at radius 3 is 1.56 bits per heavy atom. The van der Waals surface area contributed by atoms with Gasteiger partial charge in [-0.1, -0.05) is 128 Å². The van der Waals surface area contributed by atoms with Crippen LogP contribution in [0.1, 0.15) is 187 Å². The van der Waals surface area contributed by atoms with Crippen molar-refractivity contribution in [1.29, 1.82) is 0 Å². The number of carboxylic acids is 1. The third-order valence-corrected chi connectivity index (χ3v) is 8.68. The summed E-state index contributed by atoms with van der Waals surface area (Å²) in [6, 6.07) is 0. The number of ether oxygens (including phenoxy) is 1. The highest BCUT2D eigenvalue weighted by Crippen LogP contribution is 2.24. The Morgan fingerprint density at radius 1 is 0.578 bits per heavy atom. The number of carboxylic acid groups (broad SMARTS) is 1. The van der Waals surface area contributed by atoms with Crippen molar-refractivity contribution in [2.24, 2.45) is 5.92 Å². The number of carbonyl (C=O) groups excluding carboxylic acids is 1. The van der Waals surface area contributed by atoms with E-state index in [1.165, 1.54) is 122 Å². The number of unbranched alkanes of at least 4 members (excludes halogenated alkanes) is 18. The fourth-order valence-corrected chi connectivity index (χ4v) is 5.79. The molecule has 6 nitrogen and oxygen atoms in total. The Morgan fingerprint density at radius 2 is 1.02 bits per heavy atom. The highest BCUT2D eigenvalue weighted by molar-refractivity contribution is 5.69. The lowest BCUT2D eigenvalue weighted by Crippen LogP contribution is -2.21. The SMILES string of the molecule is CCCCCCCC/C=C\CCCC(CCCCCCCC/C=C\CCCCCCCC(=O)O)CCCC(=O)OCC(O)CO. The zero-order valence-corrected chi connectivity index (χ0v) is 29.2. The molecule has 0 spiro atoms. The molecule has 0 aliphatic carbocycles. The minimum absolute atomic E-state index is 0.126. The van der Waals surface area contributed by atoms with Gasteiger partial charge in [0.1, 0.15) is 12.7 Å². The van der Waals surface area contributed by atoms with Crippen molar-refractivity contribution in [1.82, 2.24) is 0 Å².